The summed E-state index contributed by atoms with van der Waals surface area (Å²) in [4.78, 5) is 5.06. The maximum Gasteiger partial charge on any atom is 0.0110 e. The normalized spacial score (nSPS) is 30.0. The van der Waals surface area contributed by atoms with Crippen molar-refractivity contribution < 1.29 is 0 Å². The van der Waals surface area contributed by atoms with Crippen molar-refractivity contribution in [2.45, 2.75) is 52.0 Å². The molecule has 2 atom stereocenters. The van der Waals surface area contributed by atoms with E-state index < -0.39 is 0 Å². The number of likely N-dealkylation sites (N-methyl/N-ethyl adjacent to an activating group) is 1. The van der Waals surface area contributed by atoms with Gasteiger partial charge in [0.1, 0.15) is 0 Å². The van der Waals surface area contributed by atoms with Crippen molar-refractivity contribution in [3.05, 3.63) is 0 Å². The second-order valence-electron chi connectivity index (χ2n) is 7.32. The SMILES string of the molecule is CC(C)C1CCCC(NCCCN2CCN(C)CC2)C1. The summed E-state index contributed by atoms with van der Waals surface area (Å²) in [5, 5.41) is 3.82. The van der Waals surface area contributed by atoms with E-state index in [1.54, 1.807) is 0 Å². The lowest BCUT2D eigenvalue weighted by Crippen LogP contribution is -2.45. The molecule has 20 heavy (non-hydrogen) atoms. The van der Waals surface area contributed by atoms with Crippen molar-refractivity contribution in [2.24, 2.45) is 11.8 Å². The average Bonchev–Trinajstić information content (AvgIpc) is 2.46. The Hall–Kier alpha value is -0.120. The van der Waals surface area contributed by atoms with Gasteiger partial charge in [-0.1, -0.05) is 26.7 Å². The van der Waals surface area contributed by atoms with Crippen LogP contribution < -0.4 is 5.32 Å². The largest absolute Gasteiger partial charge is 0.314 e. The topological polar surface area (TPSA) is 18.5 Å². The van der Waals surface area contributed by atoms with E-state index in [1.165, 1.54) is 71.4 Å². The van der Waals surface area contributed by atoms with Gasteiger partial charge < -0.3 is 15.1 Å². The highest BCUT2D eigenvalue weighted by Crippen LogP contribution is 2.29. The molecule has 0 bridgehead atoms. The molecule has 1 heterocycles. The second-order valence-corrected chi connectivity index (χ2v) is 7.32. The minimum Gasteiger partial charge on any atom is -0.314 e. The Morgan fingerprint density at radius 3 is 2.55 bits per heavy atom. The molecule has 3 heteroatoms. The molecule has 2 rings (SSSR count). The third-order valence-electron chi connectivity index (χ3n) is 5.34. The van der Waals surface area contributed by atoms with Crippen LogP contribution in [0, 0.1) is 11.8 Å². The first-order valence-electron chi connectivity index (χ1n) is 8.79. The van der Waals surface area contributed by atoms with E-state index in [0.717, 1.165) is 17.9 Å². The number of piperazine rings is 1. The predicted octanol–water partition coefficient (Wildman–Crippen LogP) is 2.43. The molecular formula is C17H35N3. The Balaban J connectivity index is 1.54. The molecule has 0 radical (unpaired) electrons. The number of nitrogens with zero attached hydrogens (tertiary/aromatic N) is 2. The zero-order valence-corrected chi connectivity index (χ0v) is 13.9. The van der Waals surface area contributed by atoms with Crippen LogP contribution in [-0.2, 0) is 0 Å². The van der Waals surface area contributed by atoms with E-state index in [9.17, 15) is 0 Å². The predicted molar refractivity (Wildman–Crippen MR) is 87.1 cm³/mol. The standard InChI is InChI=1S/C17H35N3/c1-15(2)16-6-4-7-17(14-16)18-8-5-9-20-12-10-19(3)11-13-20/h15-18H,4-14H2,1-3H3. The molecule has 0 aromatic heterocycles. The number of rotatable bonds is 6. The van der Waals surface area contributed by atoms with E-state index in [1.807, 2.05) is 0 Å². The van der Waals surface area contributed by atoms with E-state index in [2.05, 4.69) is 36.0 Å². The first kappa shape index (κ1) is 16.3. The third-order valence-corrected chi connectivity index (χ3v) is 5.34. The monoisotopic (exact) mass is 281 g/mol. The van der Waals surface area contributed by atoms with Gasteiger partial charge in [-0.2, -0.15) is 0 Å². The van der Waals surface area contributed by atoms with Gasteiger partial charge in [-0.25, -0.2) is 0 Å². The highest BCUT2D eigenvalue weighted by atomic mass is 15.2. The Morgan fingerprint density at radius 2 is 1.85 bits per heavy atom. The lowest BCUT2D eigenvalue weighted by Gasteiger charge is -2.33. The van der Waals surface area contributed by atoms with Crippen LogP contribution in [0.1, 0.15) is 46.0 Å². The first-order valence-corrected chi connectivity index (χ1v) is 8.79. The first-order chi connectivity index (χ1) is 9.65. The highest BCUT2D eigenvalue weighted by molar-refractivity contribution is 4.79. The molecule has 1 N–H and O–H groups in total. The molecule has 3 nitrogen and oxygen atoms in total. The number of hydrogen-bond donors (Lipinski definition) is 1. The molecule has 1 aliphatic carbocycles. The zero-order valence-electron chi connectivity index (χ0n) is 13.9. The van der Waals surface area contributed by atoms with Crippen LogP contribution in [0.2, 0.25) is 0 Å². The Kier molecular flexibility index (Phi) is 6.79. The van der Waals surface area contributed by atoms with E-state index in [4.69, 9.17) is 0 Å². The third kappa shape index (κ3) is 5.34. The Bertz CT molecular complexity index is 259. The molecule has 1 aliphatic heterocycles. The molecule has 2 aliphatic rings. The van der Waals surface area contributed by atoms with Crippen molar-refractivity contribution >= 4 is 0 Å². The summed E-state index contributed by atoms with van der Waals surface area (Å²) in [6, 6.07) is 0.795. The molecule has 2 unspecified atom stereocenters. The van der Waals surface area contributed by atoms with Crippen molar-refractivity contribution in [1.29, 1.82) is 0 Å². The van der Waals surface area contributed by atoms with E-state index in [0.29, 0.717) is 0 Å². The average molecular weight is 281 g/mol. The van der Waals surface area contributed by atoms with Gasteiger partial charge in [-0.3, -0.25) is 0 Å². The van der Waals surface area contributed by atoms with Crippen LogP contribution in [-0.4, -0.2) is 62.2 Å². The lowest BCUT2D eigenvalue weighted by atomic mass is 9.79. The summed E-state index contributed by atoms with van der Waals surface area (Å²) in [7, 11) is 2.23. The maximum absolute atomic E-state index is 3.82. The fourth-order valence-electron chi connectivity index (χ4n) is 3.70. The molecule has 2 fully saturated rings. The van der Waals surface area contributed by atoms with Gasteiger partial charge in [0, 0.05) is 32.2 Å². The highest BCUT2D eigenvalue weighted by Gasteiger charge is 2.23. The summed E-state index contributed by atoms with van der Waals surface area (Å²) >= 11 is 0. The zero-order chi connectivity index (χ0) is 14.4. The molecular weight excluding hydrogens is 246 g/mol. The van der Waals surface area contributed by atoms with E-state index in [-0.39, 0.29) is 0 Å². The van der Waals surface area contributed by atoms with Gasteiger partial charge in [0.05, 0.1) is 0 Å². The fraction of sp³-hybridized carbons (Fsp3) is 1.00. The Morgan fingerprint density at radius 1 is 1.10 bits per heavy atom. The second kappa shape index (κ2) is 8.35. The van der Waals surface area contributed by atoms with Gasteiger partial charge in [0.15, 0.2) is 0 Å². The quantitative estimate of drug-likeness (QED) is 0.754. The maximum atomic E-state index is 3.82. The summed E-state index contributed by atoms with van der Waals surface area (Å²) in [6.07, 6.45) is 7.01. The summed E-state index contributed by atoms with van der Waals surface area (Å²) in [5.74, 6) is 1.82. The molecule has 0 aromatic carbocycles. The van der Waals surface area contributed by atoms with Crippen LogP contribution in [0.3, 0.4) is 0 Å². The molecule has 0 amide bonds. The van der Waals surface area contributed by atoms with Crippen molar-refractivity contribution in [1.82, 2.24) is 15.1 Å². The van der Waals surface area contributed by atoms with Gasteiger partial charge >= 0.3 is 0 Å². The summed E-state index contributed by atoms with van der Waals surface area (Å²) < 4.78 is 0. The van der Waals surface area contributed by atoms with Crippen LogP contribution >= 0.6 is 0 Å². The molecule has 1 saturated carbocycles. The lowest BCUT2D eigenvalue weighted by molar-refractivity contribution is 0.151. The van der Waals surface area contributed by atoms with E-state index >= 15 is 0 Å². The molecule has 118 valence electrons. The molecule has 0 aromatic rings. The smallest absolute Gasteiger partial charge is 0.0110 e. The minimum atomic E-state index is 0.795. The van der Waals surface area contributed by atoms with Crippen molar-refractivity contribution in [2.75, 3.05) is 46.3 Å². The fourth-order valence-corrected chi connectivity index (χ4v) is 3.70. The van der Waals surface area contributed by atoms with Crippen LogP contribution in [0.4, 0.5) is 0 Å². The van der Waals surface area contributed by atoms with Crippen molar-refractivity contribution in [3.8, 4) is 0 Å². The van der Waals surface area contributed by atoms with Gasteiger partial charge in [0.2, 0.25) is 0 Å². The number of nitrogens with one attached hydrogen (secondary N) is 1. The van der Waals surface area contributed by atoms with Crippen LogP contribution in [0.15, 0.2) is 0 Å². The molecule has 1 saturated heterocycles. The molecule has 0 spiro atoms. The minimum absolute atomic E-state index is 0.795. The van der Waals surface area contributed by atoms with Crippen molar-refractivity contribution in [3.63, 3.8) is 0 Å². The van der Waals surface area contributed by atoms with Gasteiger partial charge in [-0.05, 0) is 51.2 Å². The Labute approximate surface area is 126 Å². The van der Waals surface area contributed by atoms with Crippen LogP contribution in [0.25, 0.3) is 0 Å². The summed E-state index contributed by atoms with van der Waals surface area (Å²) in [5.41, 5.74) is 0. The van der Waals surface area contributed by atoms with Gasteiger partial charge in [-0.15, -0.1) is 0 Å². The van der Waals surface area contributed by atoms with Gasteiger partial charge in [0.25, 0.3) is 0 Å². The number of hydrogen-bond acceptors (Lipinski definition) is 3. The summed E-state index contributed by atoms with van der Waals surface area (Å²) in [6.45, 7) is 12.3. The van der Waals surface area contributed by atoms with Crippen LogP contribution in [0.5, 0.6) is 0 Å².